The van der Waals surface area contributed by atoms with Crippen LogP contribution in [0.1, 0.15) is 104 Å². The van der Waals surface area contributed by atoms with Gasteiger partial charge in [0.15, 0.2) is 0 Å². The van der Waals surface area contributed by atoms with Crippen molar-refractivity contribution in [2.75, 3.05) is 42.6 Å². The highest BCUT2D eigenvalue weighted by Crippen LogP contribution is 2.32. The maximum absolute atomic E-state index is 13.3. The van der Waals surface area contributed by atoms with Gasteiger partial charge in [0, 0.05) is 49.7 Å². The number of fused-ring (bicyclic) bond motifs is 1. The molecule has 2 unspecified atom stereocenters. The van der Waals surface area contributed by atoms with Gasteiger partial charge in [-0.05, 0) is 74.1 Å². The first-order chi connectivity index (χ1) is 22.3. The largest absolute Gasteiger partial charge is 0.376 e. The first kappa shape index (κ1) is 36.4. The summed E-state index contributed by atoms with van der Waals surface area (Å²) in [5.41, 5.74) is 3.24. The number of ether oxygens (including phenoxy) is 1. The molecule has 3 aliphatic rings. The van der Waals surface area contributed by atoms with Crippen molar-refractivity contribution in [1.82, 2.24) is 10.2 Å². The topological polar surface area (TPSA) is 116 Å². The Morgan fingerprint density at radius 1 is 0.891 bits per heavy atom. The molecule has 2 aromatic carbocycles. The third-order valence-corrected chi connectivity index (χ3v) is 8.37. The lowest BCUT2D eigenvalue weighted by Gasteiger charge is -2.34. The van der Waals surface area contributed by atoms with Gasteiger partial charge in [-0.1, -0.05) is 47.5 Å². The van der Waals surface area contributed by atoms with Crippen LogP contribution in [0.3, 0.4) is 0 Å². The van der Waals surface area contributed by atoms with Gasteiger partial charge >= 0.3 is 0 Å². The molecule has 250 valence electrons. The SMILES string of the molecule is CC.CCC.CCCC(C(=O)NC=O)N1C(=O)c2ccc(N3CCC(COC4CCN(c5ccc(C=O)cc5)C4)CC3)cc2C1=O. The summed E-state index contributed by atoms with van der Waals surface area (Å²) in [7, 11) is 0. The van der Waals surface area contributed by atoms with Gasteiger partial charge in [0.2, 0.25) is 12.3 Å². The minimum absolute atomic E-state index is 0.187. The van der Waals surface area contributed by atoms with E-state index < -0.39 is 23.8 Å². The molecule has 0 saturated carbocycles. The number of carbonyl (C=O) groups excluding carboxylic acids is 5. The predicted octanol–water partition coefficient (Wildman–Crippen LogP) is 5.49. The lowest BCUT2D eigenvalue weighted by molar-refractivity contribution is -0.128. The highest BCUT2D eigenvalue weighted by atomic mass is 16.5. The second kappa shape index (κ2) is 18.2. The van der Waals surface area contributed by atoms with Crippen molar-refractivity contribution in [2.24, 2.45) is 5.92 Å². The van der Waals surface area contributed by atoms with E-state index in [0.717, 1.165) is 68.0 Å². The van der Waals surface area contributed by atoms with E-state index in [9.17, 15) is 24.0 Å². The van der Waals surface area contributed by atoms with Gasteiger partial charge in [-0.2, -0.15) is 0 Å². The first-order valence-corrected chi connectivity index (χ1v) is 16.8. The molecular formula is C36H50N4O6. The molecule has 1 N–H and O–H groups in total. The fourth-order valence-corrected chi connectivity index (χ4v) is 6.02. The van der Waals surface area contributed by atoms with Crippen molar-refractivity contribution >= 4 is 41.8 Å². The van der Waals surface area contributed by atoms with Crippen LogP contribution < -0.4 is 15.1 Å². The fraction of sp³-hybridized carbons (Fsp3) is 0.528. The number of piperidine rings is 1. The van der Waals surface area contributed by atoms with E-state index in [0.29, 0.717) is 30.1 Å². The number of benzene rings is 2. The maximum Gasteiger partial charge on any atom is 0.262 e. The molecule has 3 heterocycles. The van der Waals surface area contributed by atoms with E-state index >= 15 is 0 Å². The average Bonchev–Trinajstić information content (AvgIpc) is 3.66. The van der Waals surface area contributed by atoms with Crippen LogP contribution in [0.25, 0.3) is 0 Å². The van der Waals surface area contributed by atoms with Gasteiger partial charge in [-0.3, -0.25) is 34.2 Å². The highest BCUT2D eigenvalue weighted by Gasteiger charge is 2.42. The standard InChI is InChI=1S/C31H36N4O6.C3H8.C2H6/c1-2-3-28(29(38)32-20-37)35-30(39)26-9-8-24(16-27(26)31(35)40)33-13-10-22(11-14-33)19-41-25-12-15-34(17-25)23-6-4-21(18-36)5-7-23;1-3-2;1-2/h4-9,16,18,20,22,25,28H,2-3,10-15,17,19H2,1H3,(H,32,37,38);3H2,1-2H3;1-2H3. The molecule has 0 aliphatic carbocycles. The van der Waals surface area contributed by atoms with Crippen LogP contribution >= 0.6 is 0 Å². The summed E-state index contributed by atoms with van der Waals surface area (Å²) in [5, 5.41) is 2.09. The van der Waals surface area contributed by atoms with Crippen LogP contribution in [-0.4, -0.2) is 80.2 Å². The lowest BCUT2D eigenvalue weighted by atomic mass is 9.97. The molecule has 2 saturated heterocycles. The molecular weight excluding hydrogens is 584 g/mol. The zero-order valence-electron chi connectivity index (χ0n) is 28.0. The summed E-state index contributed by atoms with van der Waals surface area (Å²) in [6.07, 6.45) is 6.32. The Morgan fingerprint density at radius 2 is 1.50 bits per heavy atom. The molecule has 2 atom stereocenters. The number of nitrogens with one attached hydrogen (secondary N) is 1. The zero-order chi connectivity index (χ0) is 33.6. The third-order valence-electron chi connectivity index (χ3n) is 8.37. The van der Waals surface area contributed by atoms with Crippen LogP contribution in [0.4, 0.5) is 11.4 Å². The summed E-state index contributed by atoms with van der Waals surface area (Å²) >= 11 is 0. The van der Waals surface area contributed by atoms with E-state index in [1.807, 2.05) is 51.1 Å². The molecule has 0 radical (unpaired) electrons. The quantitative estimate of drug-likeness (QED) is 0.255. The van der Waals surface area contributed by atoms with Gasteiger partial charge in [-0.25, -0.2) is 0 Å². The normalized spacial score (nSPS) is 18.2. The van der Waals surface area contributed by atoms with Crippen molar-refractivity contribution < 1.29 is 28.7 Å². The highest BCUT2D eigenvalue weighted by molar-refractivity contribution is 6.23. The molecule has 0 aromatic heterocycles. The number of hydrogen-bond donors (Lipinski definition) is 1. The van der Waals surface area contributed by atoms with Crippen molar-refractivity contribution in [3.8, 4) is 0 Å². The van der Waals surface area contributed by atoms with E-state index in [4.69, 9.17) is 4.74 Å². The van der Waals surface area contributed by atoms with E-state index in [1.54, 1.807) is 12.1 Å². The lowest BCUT2D eigenvalue weighted by Crippen LogP contribution is -2.49. The Hall–Kier alpha value is -4.05. The van der Waals surface area contributed by atoms with E-state index in [-0.39, 0.29) is 24.5 Å². The molecule has 10 heteroatoms. The number of amides is 4. The molecule has 2 fully saturated rings. The van der Waals surface area contributed by atoms with Crippen molar-refractivity contribution in [2.45, 2.75) is 85.3 Å². The maximum atomic E-state index is 13.3. The number of rotatable bonds is 11. The molecule has 0 bridgehead atoms. The van der Waals surface area contributed by atoms with Gasteiger partial charge in [0.1, 0.15) is 12.3 Å². The average molecular weight is 635 g/mol. The molecule has 4 amide bonds. The van der Waals surface area contributed by atoms with Crippen molar-refractivity contribution in [3.63, 3.8) is 0 Å². The third kappa shape index (κ3) is 8.81. The van der Waals surface area contributed by atoms with Gasteiger partial charge in [0.05, 0.1) is 17.2 Å². The van der Waals surface area contributed by atoms with Gasteiger partial charge in [0.25, 0.3) is 11.8 Å². The Kier molecular flexibility index (Phi) is 14.4. The number of nitrogens with zero attached hydrogens (tertiary/aromatic N) is 3. The van der Waals surface area contributed by atoms with Crippen LogP contribution in [0.15, 0.2) is 42.5 Å². The number of carbonyl (C=O) groups is 5. The zero-order valence-corrected chi connectivity index (χ0v) is 28.0. The predicted molar refractivity (Wildman–Crippen MR) is 180 cm³/mol. The Labute approximate surface area is 273 Å². The monoisotopic (exact) mass is 634 g/mol. The number of anilines is 2. The second-order valence-electron chi connectivity index (χ2n) is 11.7. The van der Waals surface area contributed by atoms with Crippen LogP contribution in [0.5, 0.6) is 0 Å². The van der Waals surface area contributed by atoms with Gasteiger partial charge in [-0.15, -0.1) is 0 Å². The summed E-state index contributed by atoms with van der Waals surface area (Å²) in [4.78, 5) is 66.0. The van der Waals surface area contributed by atoms with Crippen LogP contribution in [-0.2, 0) is 14.3 Å². The summed E-state index contributed by atoms with van der Waals surface area (Å²) in [6.45, 7) is 14.2. The van der Waals surface area contributed by atoms with Gasteiger partial charge < -0.3 is 14.5 Å². The van der Waals surface area contributed by atoms with Crippen molar-refractivity contribution in [3.05, 3.63) is 59.2 Å². The Morgan fingerprint density at radius 3 is 2.11 bits per heavy atom. The van der Waals surface area contributed by atoms with Crippen molar-refractivity contribution in [1.29, 1.82) is 0 Å². The van der Waals surface area contributed by atoms with Crippen LogP contribution in [0.2, 0.25) is 0 Å². The van der Waals surface area contributed by atoms with E-state index in [2.05, 4.69) is 29.0 Å². The minimum atomic E-state index is -1.02. The molecule has 0 spiro atoms. The molecule has 3 aliphatic heterocycles. The van der Waals surface area contributed by atoms with E-state index in [1.165, 1.54) is 6.42 Å². The number of aldehydes is 1. The molecule has 5 rings (SSSR count). The molecule has 46 heavy (non-hydrogen) atoms. The summed E-state index contributed by atoms with van der Waals surface area (Å²) in [6, 6.07) is 11.9. The molecule has 10 nitrogen and oxygen atoms in total. The number of imide groups is 2. The number of hydrogen-bond acceptors (Lipinski definition) is 8. The van der Waals surface area contributed by atoms with Crippen LogP contribution in [0, 0.1) is 5.92 Å². The fourth-order valence-electron chi connectivity index (χ4n) is 6.02. The smallest absolute Gasteiger partial charge is 0.262 e. The summed E-state index contributed by atoms with van der Waals surface area (Å²) in [5.74, 6) is -1.21. The molecule has 2 aromatic rings. The summed E-state index contributed by atoms with van der Waals surface area (Å²) < 4.78 is 6.30. The Bertz CT molecular complexity index is 1320. The first-order valence-electron chi connectivity index (χ1n) is 16.8. The second-order valence-corrected chi connectivity index (χ2v) is 11.7. The minimum Gasteiger partial charge on any atom is -0.376 e. The Balaban J connectivity index is 0.00000109.